The van der Waals surface area contributed by atoms with E-state index >= 15 is 0 Å². The summed E-state index contributed by atoms with van der Waals surface area (Å²) in [5.74, 6) is 0.848. The highest BCUT2D eigenvalue weighted by molar-refractivity contribution is 5.90. The summed E-state index contributed by atoms with van der Waals surface area (Å²) in [6.45, 7) is 1.90. The monoisotopic (exact) mass is 265 g/mol. The van der Waals surface area contributed by atoms with E-state index in [0.717, 1.165) is 25.9 Å². The minimum absolute atomic E-state index is 0.156. The standard InChI is InChI=1S/C14H19NO4/c1-17-12-4-3-10(14(16)18-2)9-13(12)19-11-5-7-15-8-6-11/h3-4,9,11,15H,5-8H2,1-2H3. The van der Waals surface area contributed by atoms with Gasteiger partial charge in [0.15, 0.2) is 11.5 Å². The molecule has 1 heterocycles. The van der Waals surface area contributed by atoms with Crippen molar-refractivity contribution in [2.45, 2.75) is 18.9 Å². The molecule has 1 aromatic rings. The van der Waals surface area contributed by atoms with Gasteiger partial charge in [0, 0.05) is 0 Å². The molecule has 1 saturated heterocycles. The summed E-state index contributed by atoms with van der Waals surface area (Å²) in [6, 6.07) is 5.06. The zero-order valence-electron chi connectivity index (χ0n) is 11.3. The summed E-state index contributed by atoms with van der Waals surface area (Å²) in [5.41, 5.74) is 0.465. The highest BCUT2D eigenvalue weighted by Gasteiger charge is 2.18. The molecule has 1 aliphatic rings. The van der Waals surface area contributed by atoms with Crippen LogP contribution in [0.25, 0.3) is 0 Å². The first-order valence-corrected chi connectivity index (χ1v) is 6.38. The lowest BCUT2D eigenvalue weighted by Gasteiger charge is -2.24. The molecule has 0 atom stereocenters. The van der Waals surface area contributed by atoms with Gasteiger partial charge in [0.25, 0.3) is 0 Å². The highest BCUT2D eigenvalue weighted by Crippen LogP contribution is 2.30. The Morgan fingerprint density at radius 3 is 2.58 bits per heavy atom. The smallest absolute Gasteiger partial charge is 0.337 e. The van der Waals surface area contributed by atoms with Crippen LogP contribution in [-0.2, 0) is 4.74 Å². The molecule has 0 aliphatic carbocycles. The van der Waals surface area contributed by atoms with Gasteiger partial charge in [-0.25, -0.2) is 4.79 Å². The number of carbonyl (C=O) groups is 1. The molecule has 0 radical (unpaired) electrons. The highest BCUT2D eigenvalue weighted by atomic mass is 16.5. The maximum absolute atomic E-state index is 11.5. The van der Waals surface area contributed by atoms with Crippen LogP contribution in [0, 0.1) is 0 Å². The minimum Gasteiger partial charge on any atom is -0.493 e. The van der Waals surface area contributed by atoms with Gasteiger partial charge < -0.3 is 19.5 Å². The Bertz CT molecular complexity index is 441. The Kier molecular flexibility index (Phi) is 4.63. The van der Waals surface area contributed by atoms with E-state index in [1.165, 1.54) is 7.11 Å². The van der Waals surface area contributed by atoms with Gasteiger partial charge in [0.2, 0.25) is 0 Å². The van der Waals surface area contributed by atoms with Crippen molar-refractivity contribution in [2.24, 2.45) is 0 Å². The number of esters is 1. The van der Waals surface area contributed by atoms with Crippen molar-refractivity contribution in [1.29, 1.82) is 0 Å². The van der Waals surface area contributed by atoms with Gasteiger partial charge in [-0.1, -0.05) is 0 Å². The van der Waals surface area contributed by atoms with Crippen molar-refractivity contribution in [2.75, 3.05) is 27.3 Å². The Labute approximate surface area is 112 Å². The molecule has 1 aliphatic heterocycles. The number of carbonyl (C=O) groups excluding carboxylic acids is 1. The van der Waals surface area contributed by atoms with Crippen LogP contribution in [0.3, 0.4) is 0 Å². The number of hydrogen-bond donors (Lipinski definition) is 1. The van der Waals surface area contributed by atoms with Crippen LogP contribution in [-0.4, -0.2) is 39.4 Å². The molecule has 19 heavy (non-hydrogen) atoms. The Hall–Kier alpha value is -1.75. The van der Waals surface area contributed by atoms with Gasteiger partial charge >= 0.3 is 5.97 Å². The molecular weight excluding hydrogens is 246 g/mol. The molecule has 1 aromatic carbocycles. The van der Waals surface area contributed by atoms with Crippen LogP contribution in [0.15, 0.2) is 18.2 Å². The first kappa shape index (κ1) is 13.7. The van der Waals surface area contributed by atoms with Crippen molar-refractivity contribution >= 4 is 5.97 Å². The first-order valence-electron chi connectivity index (χ1n) is 6.38. The second-order valence-electron chi connectivity index (χ2n) is 4.42. The molecule has 0 aromatic heterocycles. The van der Waals surface area contributed by atoms with Crippen LogP contribution in [0.5, 0.6) is 11.5 Å². The number of piperidine rings is 1. The first-order chi connectivity index (χ1) is 9.24. The fourth-order valence-electron chi connectivity index (χ4n) is 2.11. The Balaban J connectivity index is 2.17. The molecule has 0 bridgehead atoms. The van der Waals surface area contributed by atoms with Crippen molar-refractivity contribution in [1.82, 2.24) is 5.32 Å². The van der Waals surface area contributed by atoms with E-state index in [2.05, 4.69) is 5.32 Å². The Morgan fingerprint density at radius 1 is 1.21 bits per heavy atom. The van der Waals surface area contributed by atoms with E-state index in [4.69, 9.17) is 14.2 Å². The molecule has 5 heteroatoms. The van der Waals surface area contributed by atoms with Crippen molar-refractivity contribution in [3.8, 4) is 11.5 Å². The predicted octanol–water partition coefficient (Wildman–Crippen LogP) is 1.61. The summed E-state index contributed by atoms with van der Waals surface area (Å²) < 4.78 is 15.9. The van der Waals surface area contributed by atoms with E-state index in [0.29, 0.717) is 17.1 Å². The summed E-state index contributed by atoms with van der Waals surface area (Å²) in [7, 11) is 2.95. The normalized spacial score (nSPS) is 15.9. The zero-order valence-corrected chi connectivity index (χ0v) is 11.3. The van der Waals surface area contributed by atoms with Gasteiger partial charge in [-0.2, -0.15) is 0 Å². The molecule has 1 N–H and O–H groups in total. The van der Waals surface area contributed by atoms with Gasteiger partial charge in [-0.3, -0.25) is 0 Å². The third-order valence-corrected chi connectivity index (χ3v) is 3.16. The van der Waals surface area contributed by atoms with E-state index in [1.807, 2.05) is 0 Å². The predicted molar refractivity (Wildman–Crippen MR) is 70.9 cm³/mol. The molecular formula is C14H19NO4. The van der Waals surface area contributed by atoms with Gasteiger partial charge in [0.1, 0.15) is 6.10 Å². The van der Waals surface area contributed by atoms with Gasteiger partial charge in [0.05, 0.1) is 19.8 Å². The van der Waals surface area contributed by atoms with Crippen molar-refractivity contribution < 1.29 is 19.0 Å². The summed E-state index contributed by atoms with van der Waals surface area (Å²) in [5, 5.41) is 3.28. The fourth-order valence-corrected chi connectivity index (χ4v) is 2.11. The molecule has 104 valence electrons. The van der Waals surface area contributed by atoms with E-state index in [-0.39, 0.29) is 12.1 Å². The van der Waals surface area contributed by atoms with E-state index < -0.39 is 0 Å². The number of rotatable bonds is 4. The summed E-state index contributed by atoms with van der Waals surface area (Å²) >= 11 is 0. The molecule has 0 spiro atoms. The van der Waals surface area contributed by atoms with Crippen LogP contribution < -0.4 is 14.8 Å². The van der Waals surface area contributed by atoms with Crippen LogP contribution in [0.2, 0.25) is 0 Å². The minimum atomic E-state index is -0.377. The Morgan fingerprint density at radius 2 is 1.95 bits per heavy atom. The molecule has 0 amide bonds. The maximum Gasteiger partial charge on any atom is 0.337 e. The zero-order chi connectivity index (χ0) is 13.7. The molecule has 2 rings (SSSR count). The third-order valence-electron chi connectivity index (χ3n) is 3.16. The van der Waals surface area contributed by atoms with Crippen molar-refractivity contribution in [3.63, 3.8) is 0 Å². The third kappa shape index (κ3) is 3.38. The lowest BCUT2D eigenvalue weighted by Crippen LogP contribution is -2.34. The quantitative estimate of drug-likeness (QED) is 0.838. The second-order valence-corrected chi connectivity index (χ2v) is 4.42. The van der Waals surface area contributed by atoms with E-state index in [9.17, 15) is 4.79 Å². The molecule has 5 nitrogen and oxygen atoms in total. The number of ether oxygens (including phenoxy) is 3. The van der Waals surface area contributed by atoms with Crippen LogP contribution in [0.1, 0.15) is 23.2 Å². The molecule has 0 saturated carbocycles. The largest absolute Gasteiger partial charge is 0.493 e. The van der Waals surface area contributed by atoms with Gasteiger partial charge in [-0.05, 0) is 44.1 Å². The lowest BCUT2D eigenvalue weighted by atomic mass is 10.1. The van der Waals surface area contributed by atoms with Crippen molar-refractivity contribution in [3.05, 3.63) is 23.8 Å². The number of hydrogen-bond acceptors (Lipinski definition) is 5. The maximum atomic E-state index is 11.5. The SMILES string of the molecule is COC(=O)c1ccc(OC)c(OC2CCNCC2)c1. The fraction of sp³-hybridized carbons (Fsp3) is 0.500. The summed E-state index contributed by atoms with van der Waals surface area (Å²) in [4.78, 5) is 11.5. The second kappa shape index (κ2) is 6.43. The average Bonchev–Trinajstić information content (AvgIpc) is 2.47. The number of benzene rings is 1. The average molecular weight is 265 g/mol. The van der Waals surface area contributed by atoms with E-state index in [1.54, 1.807) is 25.3 Å². The lowest BCUT2D eigenvalue weighted by molar-refractivity contribution is 0.0599. The van der Waals surface area contributed by atoms with Gasteiger partial charge in [-0.15, -0.1) is 0 Å². The van der Waals surface area contributed by atoms with Crippen LogP contribution >= 0.6 is 0 Å². The molecule has 0 unspecified atom stereocenters. The van der Waals surface area contributed by atoms with Crippen LogP contribution in [0.4, 0.5) is 0 Å². The topological polar surface area (TPSA) is 56.8 Å². The molecule has 1 fully saturated rings. The number of methoxy groups -OCH3 is 2. The summed E-state index contributed by atoms with van der Waals surface area (Å²) in [6.07, 6.45) is 2.06. The number of nitrogens with one attached hydrogen (secondary N) is 1.